The molecular formula is C15H18N2O3S2. The van der Waals surface area contributed by atoms with Crippen molar-refractivity contribution < 1.29 is 13.2 Å². The van der Waals surface area contributed by atoms with Crippen molar-refractivity contribution in [2.45, 2.75) is 31.7 Å². The SMILES string of the molecule is Cc1ccc([C@H](C)NC(=O)c2cc(S(N)(=O)=O)ccc2C)s1. The Kier molecular flexibility index (Phi) is 4.69. The Hall–Kier alpha value is -1.70. The number of hydrogen-bond acceptors (Lipinski definition) is 4. The first-order valence-corrected chi connectivity index (χ1v) is 9.05. The molecule has 0 saturated carbocycles. The molecule has 1 heterocycles. The maximum absolute atomic E-state index is 12.4. The van der Waals surface area contributed by atoms with E-state index in [1.807, 2.05) is 26.0 Å². The van der Waals surface area contributed by atoms with Gasteiger partial charge in [0.05, 0.1) is 10.9 Å². The van der Waals surface area contributed by atoms with Gasteiger partial charge in [-0.05, 0) is 50.6 Å². The Bertz CT molecular complexity index is 810. The first-order chi connectivity index (χ1) is 10.2. The lowest BCUT2D eigenvalue weighted by Crippen LogP contribution is -2.27. The normalized spacial score (nSPS) is 12.9. The second kappa shape index (κ2) is 6.20. The van der Waals surface area contributed by atoms with Crippen LogP contribution in [0.15, 0.2) is 35.2 Å². The fraction of sp³-hybridized carbons (Fsp3) is 0.267. The van der Waals surface area contributed by atoms with Crippen molar-refractivity contribution in [3.05, 3.63) is 51.2 Å². The quantitative estimate of drug-likeness (QED) is 0.897. The number of nitrogens with one attached hydrogen (secondary N) is 1. The summed E-state index contributed by atoms with van der Waals surface area (Å²) in [4.78, 5) is 14.5. The van der Waals surface area contributed by atoms with Gasteiger partial charge >= 0.3 is 0 Å². The van der Waals surface area contributed by atoms with Gasteiger partial charge in [0.1, 0.15) is 0 Å². The fourth-order valence-corrected chi connectivity index (χ4v) is 3.47. The van der Waals surface area contributed by atoms with Gasteiger partial charge in [-0.15, -0.1) is 11.3 Å². The van der Waals surface area contributed by atoms with Gasteiger partial charge in [-0.3, -0.25) is 4.79 Å². The summed E-state index contributed by atoms with van der Waals surface area (Å²) in [5, 5.41) is 7.99. The number of benzene rings is 1. The first kappa shape index (κ1) is 16.7. The van der Waals surface area contributed by atoms with E-state index in [2.05, 4.69) is 5.32 Å². The van der Waals surface area contributed by atoms with Gasteiger partial charge in [0.15, 0.2) is 0 Å². The Labute approximate surface area is 134 Å². The van der Waals surface area contributed by atoms with E-state index in [4.69, 9.17) is 5.14 Å². The van der Waals surface area contributed by atoms with Crippen molar-refractivity contribution in [2.24, 2.45) is 5.14 Å². The van der Waals surface area contributed by atoms with Gasteiger partial charge in [-0.25, -0.2) is 13.6 Å². The number of nitrogens with two attached hydrogens (primary N) is 1. The Balaban J connectivity index is 2.26. The standard InChI is InChI=1S/C15H18N2O3S2/c1-9-4-6-12(22(16,19)20)8-13(9)15(18)17-11(3)14-7-5-10(2)21-14/h4-8,11H,1-3H3,(H,17,18)(H2,16,19,20)/t11-/m0/s1. The molecule has 0 bridgehead atoms. The van der Waals surface area contributed by atoms with Gasteiger partial charge in [0.2, 0.25) is 10.0 Å². The van der Waals surface area contributed by atoms with Crippen molar-refractivity contribution in [2.75, 3.05) is 0 Å². The molecule has 0 aliphatic rings. The summed E-state index contributed by atoms with van der Waals surface area (Å²) < 4.78 is 22.8. The third kappa shape index (κ3) is 3.73. The molecule has 0 unspecified atom stereocenters. The molecule has 0 spiro atoms. The Morgan fingerprint density at radius 3 is 2.45 bits per heavy atom. The topological polar surface area (TPSA) is 89.3 Å². The van der Waals surface area contributed by atoms with Crippen molar-refractivity contribution >= 4 is 27.3 Å². The van der Waals surface area contributed by atoms with Crippen molar-refractivity contribution in [3.63, 3.8) is 0 Å². The first-order valence-electron chi connectivity index (χ1n) is 6.69. The van der Waals surface area contributed by atoms with E-state index in [1.165, 1.54) is 17.0 Å². The summed E-state index contributed by atoms with van der Waals surface area (Å²) in [6.45, 7) is 5.65. The van der Waals surface area contributed by atoms with Crippen molar-refractivity contribution in [1.29, 1.82) is 0 Å². The van der Waals surface area contributed by atoms with Crippen LogP contribution >= 0.6 is 11.3 Å². The molecule has 0 fully saturated rings. The van der Waals surface area contributed by atoms with Gasteiger partial charge < -0.3 is 5.32 Å². The molecule has 1 atom stereocenters. The molecule has 0 saturated heterocycles. The highest BCUT2D eigenvalue weighted by Crippen LogP contribution is 2.23. The number of sulfonamides is 1. The van der Waals surface area contributed by atoms with E-state index < -0.39 is 10.0 Å². The predicted molar refractivity (Wildman–Crippen MR) is 87.5 cm³/mol. The minimum absolute atomic E-state index is 0.0668. The van der Waals surface area contributed by atoms with Crippen LogP contribution in [0.1, 0.15) is 38.6 Å². The zero-order valence-corrected chi connectivity index (χ0v) is 14.2. The highest BCUT2D eigenvalue weighted by atomic mass is 32.2. The number of hydrogen-bond donors (Lipinski definition) is 2. The highest BCUT2D eigenvalue weighted by molar-refractivity contribution is 7.89. The molecule has 0 radical (unpaired) electrons. The molecule has 3 N–H and O–H groups in total. The minimum atomic E-state index is -3.83. The molecule has 0 aliphatic carbocycles. The molecule has 2 rings (SSSR count). The van der Waals surface area contributed by atoms with Crippen LogP contribution in [0.3, 0.4) is 0 Å². The number of carbonyl (C=O) groups excluding carboxylic acids is 1. The van der Waals surface area contributed by atoms with E-state index >= 15 is 0 Å². The van der Waals surface area contributed by atoms with Gasteiger partial charge in [0.25, 0.3) is 5.91 Å². The smallest absolute Gasteiger partial charge is 0.252 e. The highest BCUT2D eigenvalue weighted by Gasteiger charge is 2.17. The maximum Gasteiger partial charge on any atom is 0.252 e. The monoisotopic (exact) mass is 338 g/mol. The number of carbonyl (C=O) groups is 1. The van der Waals surface area contributed by atoms with Crippen LogP contribution in [0, 0.1) is 13.8 Å². The van der Waals surface area contributed by atoms with Gasteiger partial charge in [0, 0.05) is 15.3 Å². The Morgan fingerprint density at radius 2 is 1.91 bits per heavy atom. The largest absolute Gasteiger partial charge is 0.345 e. The maximum atomic E-state index is 12.4. The average Bonchev–Trinajstić information content (AvgIpc) is 2.84. The van der Waals surface area contributed by atoms with E-state index in [0.717, 1.165) is 4.88 Å². The van der Waals surface area contributed by atoms with Gasteiger partial charge in [-0.2, -0.15) is 0 Å². The van der Waals surface area contributed by atoms with Crippen LogP contribution in [0.25, 0.3) is 0 Å². The molecule has 118 valence electrons. The zero-order chi connectivity index (χ0) is 16.5. The number of primary sulfonamides is 1. The molecule has 5 nitrogen and oxygen atoms in total. The summed E-state index contributed by atoms with van der Waals surface area (Å²) in [5.41, 5.74) is 1.01. The fourth-order valence-electron chi connectivity index (χ4n) is 2.05. The van der Waals surface area contributed by atoms with E-state index in [-0.39, 0.29) is 16.8 Å². The lowest BCUT2D eigenvalue weighted by Gasteiger charge is -2.14. The molecule has 22 heavy (non-hydrogen) atoms. The molecule has 1 aromatic heterocycles. The molecular weight excluding hydrogens is 320 g/mol. The third-order valence-electron chi connectivity index (χ3n) is 3.32. The van der Waals surface area contributed by atoms with E-state index in [1.54, 1.807) is 24.3 Å². The summed E-state index contributed by atoms with van der Waals surface area (Å²) >= 11 is 1.61. The summed E-state index contributed by atoms with van der Waals surface area (Å²) in [7, 11) is -3.83. The molecule has 1 amide bonds. The van der Waals surface area contributed by atoms with Crippen LogP contribution in [-0.2, 0) is 10.0 Å². The number of aryl methyl sites for hydroxylation is 2. The summed E-state index contributed by atoms with van der Waals surface area (Å²) in [6, 6.07) is 8.10. The van der Waals surface area contributed by atoms with Gasteiger partial charge in [-0.1, -0.05) is 6.07 Å². The van der Waals surface area contributed by atoms with Crippen LogP contribution in [-0.4, -0.2) is 14.3 Å². The third-order valence-corrected chi connectivity index (χ3v) is 5.41. The minimum Gasteiger partial charge on any atom is -0.345 e. The molecule has 7 heteroatoms. The molecule has 0 aliphatic heterocycles. The summed E-state index contributed by atoms with van der Waals surface area (Å²) in [5.74, 6) is -0.318. The second-order valence-electron chi connectivity index (χ2n) is 5.17. The van der Waals surface area contributed by atoms with Crippen molar-refractivity contribution in [1.82, 2.24) is 5.32 Å². The summed E-state index contributed by atoms with van der Waals surface area (Å²) in [6.07, 6.45) is 0. The Morgan fingerprint density at radius 1 is 1.23 bits per heavy atom. The van der Waals surface area contributed by atoms with Crippen molar-refractivity contribution in [3.8, 4) is 0 Å². The van der Waals surface area contributed by atoms with E-state index in [0.29, 0.717) is 11.1 Å². The zero-order valence-electron chi connectivity index (χ0n) is 12.6. The lowest BCUT2D eigenvalue weighted by molar-refractivity contribution is 0.0939. The molecule has 2 aromatic rings. The number of amides is 1. The lowest BCUT2D eigenvalue weighted by atomic mass is 10.1. The van der Waals surface area contributed by atoms with Crippen LogP contribution in [0.2, 0.25) is 0 Å². The van der Waals surface area contributed by atoms with E-state index in [9.17, 15) is 13.2 Å². The second-order valence-corrected chi connectivity index (χ2v) is 8.05. The van der Waals surface area contributed by atoms with Crippen LogP contribution in [0.4, 0.5) is 0 Å². The average molecular weight is 338 g/mol. The molecule has 1 aromatic carbocycles. The predicted octanol–water partition coefficient (Wildman–Crippen LogP) is 2.50. The van der Waals surface area contributed by atoms with Crippen LogP contribution in [0.5, 0.6) is 0 Å². The number of thiophene rings is 1. The number of rotatable bonds is 4. The van der Waals surface area contributed by atoms with Crippen LogP contribution < -0.4 is 10.5 Å².